The first-order valence-corrected chi connectivity index (χ1v) is 20.8. The maximum atomic E-state index is 5.46. The van der Waals surface area contributed by atoms with Gasteiger partial charge >= 0.3 is 52.4 Å². The average molecular weight is 766 g/mol. The van der Waals surface area contributed by atoms with Crippen LogP contribution in [0.25, 0.3) is 9.96 Å². The molecule has 2 fully saturated rings. The van der Waals surface area contributed by atoms with Crippen molar-refractivity contribution in [1.29, 1.82) is 0 Å². The van der Waals surface area contributed by atoms with Crippen molar-refractivity contribution in [2.45, 2.75) is 116 Å². The molecule has 0 aromatic carbocycles. The Labute approximate surface area is 305 Å². The first-order chi connectivity index (χ1) is 16.6. The molecule has 0 amide bonds. The SMILES string of the molecule is CC(C)(C)[N-][Si](C)(C)C1CC(CCC2CC([Si](C)(C)[N-]C(C)(C)C)C3C=CC=CC23)C2C=CC=CC21.[CH3-].[CH3-].[CH3-].[CH3-].[Zr+4].[Zr+4]. The van der Waals surface area contributed by atoms with Gasteiger partial charge in [0.1, 0.15) is 0 Å². The Hall–Kier alpha value is 1.08. The molecule has 4 aliphatic carbocycles. The first kappa shape index (κ1) is 47.5. The smallest absolute Gasteiger partial charge is 0.660 e. The molecule has 8 atom stereocenters. The van der Waals surface area contributed by atoms with Crippen molar-refractivity contribution in [2.24, 2.45) is 35.5 Å². The molecule has 0 aromatic rings. The van der Waals surface area contributed by atoms with Crippen molar-refractivity contribution in [3.63, 3.8) is 0 Å². The Morgan fingerprint density at radius 2 is 0.786 bits per heavy atom. The van der Waals surface area contributed by atoms with Crippen LogP contribution in [0.1, 0.15) is 67.2 Å². The molecule has 0 heterocycles. The third-order valence-electron chi connectivity index (χ3n) is 9.55. The minimum absolute atomic E-state index is 0. The van der Waals surface area contributed by atoms with Gasteiger partial charge < -0.3 is 39.7 Å². The second kappa shape index (κ2) is 17.8. The van der Waals surface area contributed by atoms with E-state index in [2.05, 4.69) is 116 Å². The Morgan fingerprint density at radius 1 is 0.524 bits per heavy atom. The number of nitrogens with zero attached hydrogens (tertiary/aromatic N) is 2. The van der Waals surface area contributed by atoms with Crippen molar-refractivity contribution in [3.8, 4) is 0 Å². The maximum Gasteiger partial charge on any atom is 4.00 e. The molecule has 0 aliphatic heterocycles. The fourth-order valence-electron chi connectivity index (χ4n) is 8.77. The summed E-state index contributed by atoms with van der Waals surface area (Å²) in [6, 6.07) is 0. The van der Waals surface area contributed by atoms with Crippen molar-refractivity contribution >= 4 is 16.5 Å². The molecule has 0 aromatic heterocycles. The standard InChI is InChI=1S/C32H54N2Si2.4CH3.2Zr/c1-31(2,3)33-35(7,8)29-21-23(25-15-11-13-17-27(25)29)19-20-24-22-30(28-18-14-12-16-26(24)28)36(9,10)34-32(4,5)6;;;;;;/h11-18,23-30H,19-22H2,1-10H3;4*1H3;;/q-2;4*-1;2*+4. The van der Waals surface area contributed by atoms with Gasteiger partial charge in [-0.1, -0.05) is 157 Å². The second-order valence-electron chi connectivity index (χ2n) is 15.5. The van der Waals surface area contributed by atoms with Crippen LogP contribution in [0.4, 0.5) is 0 Å². The molecule has 0 saturated heterocycles. The largest absolute Gasteiger partial charge is 4.00 e. The zero-order chi connectivity index (χ0) is 26.5. The van der Waals surface area contributed by atoms with E-state index in [0.717, 1.165) is 34.8 Å². The third kappa shape index (κ3) is 11.4. The number of hydrogen-bond donors (Lipinski definition) is 0. The minimum Gasteiger partial charge on any atom is -0.660 e. The molecule has 6 heteroatoms. The van der Waals surface area contributed by atoms with Gasteiger partial charge in [0.05, 0.1) is 0 Å². The van der Waals surface area contributed by atoms with E-state index in [1.165, 1.54) is 25.7 Å². The van der Waals surface area contributed by atoms with Crippen LogP contribution in [-0.2, 0) is 52.4 Å². The van der Waals surface area contributed by atoms with Crippen LogP contribution in [0, 0.1) is 65.2 Å². The van der Waals surface area contributed by atoms with Gasteiger partial charge in [-0.15, -0.1) is 11.1 Å². The molecule has 0 N–H and O–H groups in total. The molecule has 4 aliphatic rings. The summed E-state index contributed by atoms with van der Waals surface area (Å²) in [6.07, 6.45) is 25.0. The van der Waals surface area contributed by atoms with Crippen LogP contribution in [-0.4, -0.2) is 27.5 Å². The van der Waals surface area contributed by atoms with Gasteiger partial charge in [-0.05, 0) is 48.3 Å². The Morgan fingerprint density at radius 3 is 1.05 bits per heavy atom. The van der Waals surface area contributed by atoms with E-state index in [-0.39, 0.29) is 93.2 Å². The van der Waals surface area contributed by atoms with E-state index < -0.39 is 16.5 Å². The first-order valence-electron chi connectivity index (χ1n) is 14.8. The van der Waals surface area contributed by atoms with Crippen LogP contribution in [0.2, 0.25) is 37.3 Å². The van der Waals surface area contributed by atoms with E-state index in [1.54, 1.807) is 0 Å². The molecule has 42 heavy (non-hydrogen) atoms. The number of fused-ring (bicyclic) bond motifs is 2. The summed E-state index contributed by atoms with van der Waals surface area (Å²) in [5.41, 5.74) is 1.68. The normalized spacial score (nSPS) is 31.2. The predicted octanol–water partition coefficient (Wildman–Crippen LogP) is 11.8. The Kier molecular flexibility index (Phi) is 20.2. The van der Waals surface area contributed by atoms with Crippen LogP contribution in [0.3, 0.4) is 0 Å². The molecular weight excluding hydrogens is 699 g/mol. The van der Waals surface area contributed by atoms with Crippen molar-refractivity contribution < 1.29 is 52.4 Å². The summed E-state index contributed by atoms with van der Waals surface area (Å²) in [7, 11) is -3.38. The fraction of sp³-hybridized carbons (Fsp3) is 0.667. The molecule has 2 saturated carbocycles. The van der Waals surface area contributed by atoms with Gasteiger partial charge in [-0.3, -0.25) is 0 Å². The van der Waals surface area contributed by atoms with E-state index in [9.17, 15) is 0 Å². The zero-order valence-electron chi connectivity index (χ0n) is 30.0. The number of hydrogen-bond acceptors (Lipinski definition) is 0. The fourth-order valence-corrected chi connectivity index (χ4v) is 16.9. The second-order valence-corrected chi connectivity index (χ2v) is 24.0. The van der Waals surface area contributed by atoms with Crippen molar-refractivity contribution in [3.05, 3.63) is 88.3 Å². The molecule has 8 unspecified atom stereocenters. The summed E-state index contributed by atoms with van der Waals surface area (Å²) in [4.78, 5) is 10.9. The summed E-state index contributed by atoms with van der Waals surface area (Å²) in [5, 5.41) is 0. The van der Waals surface area contributed by atoms with E-state index in [0.29, 0.717) is 11.8 Å². The minimum atomic E-state index is -1.69. The zero-order valence-corrected chi connectivity index (χ0v) is 36.9. The van der Waals surface area contributed by atoms with Gasteiger partial charge in [-0.2, -0.15) is 0 Å². The van der Waals surface area contributed by atoms with Gasteiger partial charge in [0.15, 0.2) is 0 Å². The maximum absolute atomic E-state index is 5.46. The molecule has 4 rings (SSSR count). The summed E-state index contributed by atoms with van der Waals surface area (Å²) < 4.78 is 0. The van der Waals surface area contributed by atoms with Crippen LogP contribution < -0.4 is 0 Å². The van der Waals surface area contributed by atoms with Gasteiger partial charge in [0.25, 0.3) is 0 Å². The van der Waals surface area contributed by atoms with Crippen LogP contribution in [0.5, 0.6) is 0 Å². The van der Waals surface area contributed by atoms with Gasteiger partial charge in [-0.25, -0.2) is 0 Å². The Bertz CT molecular complexity index is 836. The van der Waals surface area contributed by atoms with Gasteiger partial charge in [0.2, 0.25) is 0 Å². The summed E-state index contributed by atoms with van der Waals surface area (Å²) in [6.45, 7) is 23.9. The predicted molar refractivity (Wildman–Crippen MR) is 190 cm³/mol. The Balaban J connectivity index is -0.00000253. The summed E-state index contributed by atoms with van der Waals surface area (Å²) in [5.74, 6) is 4.47. The van der Waals surface area contributed by atoms with E-state index in [1.807, 2.05) is 0 Å². The van der Waals surface area contributed by atoms with Crippen LogP contribution >= 0.6 is 0 Å². The molecule has 0 radical (unpaired) electrons. The monoisotopic (exact) mass is 762 g/mol. The van der Waals surface area contributed by atoms with E-state index in [4.69, 9.17) is 9.96 Å². The molecule has 0 bridgehead atoms. The van der Waals surface area contributed by atoms with E-state index >= 15 is 0 Å². The van der Waals surface area contributed by atoms with Crippen molar-refractivity contribution in [1.82, 2.24) is 0 Å². The molecule has 2 nitrogen and oxygen atoms in total. The van der Waals surface area contributed by atoms with Crippen LogP contribution in [0.15, 0.2) is 48.6 Å². The molecule has 234 valence electrons. The number of rotatable bonds is 7. The van der Waals surface area contributed by atoms with Gasteiger partial charge in [0, 0.05) is 0 Å². The van der Waals surface area contributed by atoms with Crippen molar-refractivity contribution in [2.75, 3.05) is 0 Å². The third-order valence-corrected chi connectivity index (χ3v) is 16.9. The molecule has 0 spiro atoms. The average Bonchev–Trinajstić information content (AvgIpc) is 3.28. The topological polar surface area (TPSA) is 28.2 Å². The quantitative estimate of drug-likeness (QED) is 0.182. The molecular formula is C36H66N2Si2Zr2+2. The summed E-state index contributed by atoms with van der Waals surface area (Å²) >= 11 is 0. The number of allylic oxidation sites excluding steroid dienone is 8.